The number of unbranched alkanes of at least 4 members (excludes halogenated alkanes) is 6. The predicted molar refractivity (Wildman–Crippen MR) is 95.6 cm³/mol. The summed E-state index contributed by atoms with van der Waals surface area (Å²) in [5, 5.41) is 8.71. The number of hydrogen-bond donors (Lipinski definition) is 1. The Labute approximate surface area is 142 Å². The standard InChI is InChI=1S/C20H34O3/c1-2-3-4-5-6-7-11-14-20(19-12-9-8-10-13-19)23-18-17-22-16-15-21/h8-10,12-13,20-21H,2-7,11,14-18H2,1H3. The van der Waals surface area contributed by atoms with Gasteiger partial charge in [0.25, 0.3) is 0 Å². The summed E-state index contributed by atoms with van der Waals surface area (Å²) in [7, 11) is 0. The molecule has 0 saturated carbocycles. The molecule has 1 aromatic rings. The van der Waals surface area contributed by atoms with Crippen LogP contribution >= 0.6 is 0 Å². The van der Waals surface area contributed by atoms with Gasteiger partial charge >= 0.3 is 0 Å². The Kier molecular flexibility index (Phi) is 12.9. The molecule has 1 atom stereocenters. The molecule has 0 spiro atoms. The molecule has 1 aromatic carbocycles. The highest BCUT2D eigenvalue weighted by Crippen LogP contribution is 2.24. The van der Waals surface area contributed by atoms with Crippen molar-refractivity contribution in [2.24, 2.45) is 0 Å². The highest BCUT2D eigenvalue weighted by molar-refractivity contribution is 5.17. The van der Waals surface area contributed by atoms with E-state index in [1.54, 1.807) is 0 Å². The van der Waals surface area contributed by atoms with Crippen LogP contribution in [0.25, 0.3) is 0 Å². The van der Waals surface area contributed by atoms with E-state index >= 15 is 0 Å². The average Bonchev–Trinajstić information content (AvgIpc) is 2.59. The van der Waals surface area contributed by atoms with E-state index in [2.05, 4.69) is 31.2 Å². The molecule has 0 aliphatic carbocycles. The first kappa shape index (κ1) is 20.1. The van der Waals surface area contributed by atoms with Crippen LogP contribution in [-0.2, 0) is 9.47 Å². The lowest BCUT2D eigenvalue weighted by Crippen LogP contribution is -2.11. The van der Waals surface area contributed by atoms with Gasteiger partial charge in [-0.25, -0.2) is 0 Å². The smallest absolute Gasteiger partial charge is 0.0826 e. The summed E-state index contributed by atoms with van der Waals surface area (Å²) >= 11 is 0. The van der Waals surface area contributed by atoms with Gasteiger partial charge in [0, 0.05) is 0 Å². The maximum absolute atomic E-state index is 8.71. The zero-order chi connectivity index (χ0) is 16.6. The lowest BCUT2D eigenvalue weighted by atomic mass is 10.0. The van der Waals surface area contributed by atoms with Crippen LogP contribution in [0.2, 0.25) is 0 Å². The first-order valence-electron chi connectivity index (χ1n) is 9.23. The summed E-state index contributed by atoms with van der Waals surface area (Å²) in [5.41, 5.74) is 1.25. The fraction of sp³-hybridized carbons (Fsp3) is 0.700. The van der Waals surface area contributed by atoms with Gasteiger partial charge in [0.1, 0.15) is 0 Å². The SMILES string of the molecule is CCCCCCCCCC(OCCOCCO)c1ccccc1. The monoisotopic (exact) mass is 322 g/mol. The molecule has 0 bridgehead atoms. The summed E-state index contributed by atoms with van der Waals surface area (Å²) in [5.74, 6) is 0. The van der Waals surface area contributed by atoms with E-state index in [9.17, 15) is 0 Å². The fourth-order valence-corrected chi connectivity index (χ4v) is 2.72. The summed E-state index contributed by atoms with van der Waals surface area (Å²) < 4.78 is 11.3. The van der Waals surface area contributed by atoms with Gasteiger partial charge in [-0.05, 0) is 12.0 Å². The third-order valence-corrected chi connectivity index (χ3v) is 4.02. The van der Waals surface area contributed by atoms with Crippen molar-refractivity contribution in [1.82, 2.24) is 0 Å². The average molecular weight is 322 g/mol. The van der Waals surface area contributed by atoms with Gasteiger partial charge in [0.15, 0.2) is 0 Å². The Morgan fingerprint density at radius 3 is 2.26 bits per heavy atom. The topological polar surface area (TPSA) is 38.7 Å². The quantitative estimate of drug-likeness (QED) is 0.467. The van der Waals surface area contributed by atoms with Crippen molar-refractivity contribution in [3.8, 4) is 0 Å². The van der Waals surface area contributed by atoms with Crippen molar-refractivity contribution in [1.29, 1.82) is 0 Å². The number of hydrogen-bond acceptors (Lipinski definition) is 3. The van der Waals surface area contributed by atoms with Crippen molar-refractivity contribution < 1.29 is 14.6 Å². The Morgan fingerprint density at radius 2 is 1.57 bits per heavy atom. The molecule has 0 aliphatic heterocycles. The molecule has 3 nitrogen and oxygen atoms in total. The molecule has 0 saturated heterocycles. The Bertz CT molecular complexity index is 353. The first-order chi connectivity index (χ1) is 11.4. The van der Waals surface area contributed by atoms with Gasteiger partial charge in [-0.1, -0.05) is 82.2 Å². The molecular weight excluding hydrogens is 288 g/mol. The van der Waals surface area contributed by atoms with Crippen molar-refractivity contribution in [2.75, 3.05) is 26.4 Å². The van der Waals surface area contributed by atoms with Crippen molar-refractivity contribution >= 4 is 0 Å². The lowest BCUT2D eigenvalue weighted by Gasteiger charge is -2.18. The number of benzene rings is 1. The second kappa shape index (κ2) is 14.7. The normalized spacial score (nSPS) is 12.4. The molecule has 0 radical (unpaired) electrons. The van der Waals surface area contributed by atoms with E-state index < -0.39 is 0 Å². The van der Waals surface area contributed by atoms with Gasteiger partial charge < -0.3 is 14.6 Å². The molecule has 0 fully saturated rings. The van der Waals surface area contributed by atoms with Crippen LogP contribution in [-0.4, -0.2) is 31.5 Å². The predicted octanol–water partition coefficient (Wildman–Crippen LogP) is 4.89. The third kappa shape index (κ3) is 10.5. The molecule has 0 amide bonds. The summed E-state index contributed by atoms with van der Waals surface area (Å²) in [6, 6.07) is 10.5. The van der Waals surface area contributed by atoms with Crippen molar-refractivity contribution in [2.45, 2.75) is 64.4 Å². The van der Waals surface area contributed by atoms with Crippen LogP contribution in [0, 0.1) is 0 Å². The van der Waals surface area contributed by atoms with Crippen LogP contribution in [0.4, 0.5) is 0 Å². The van der Waals surface area contributed by atoms with E-state index in [0.717, 1.165) is 6.42 Å². The van der Waals surface area contributed by atoms with Crippen LogP contribution in [0.5, 0.6) is 0 Å². The van der Waals surface area contributed by atoms with Crippen molar-refractivity contribution in [3.05, 3.63) is 35.9 Å². The minimum atomic E-state index is 0.0696. The molecular formula is C20H34O3. The van der Waals surface area contributed by atoms with Gasteiger partial charge in [0.05, 0.1) is 32.5 Å². The third-order valence-electron chi connectivity index (χ3n) is 4.02. The van der Waals surface area contributed by atoms with E-state index in [1.165, 1.54) is 50.5 Å². The Hall–Kier alpha value is -0.900. The zero-order valence-corrected chi connectivity index (χ0v) is 14.7. The highest BCUT2D eigenvalue weighted by Gasteiger charge is 2.11. The summed E-state index contributed by atoms with van der Waals surface area (Å²) in [4.78, 5) is 0. The minimum Gasteiger partial charge on any atom is -0.394 e. The molecule has 3 heteroatoms. The molecule has 0 aliphatic rings. The lowest BCUT2D eigenvalue weighted by molar-refractivity contribution is -0.00735. The fourth-order valence-electron chi connectivity index (χ4n) is 2.72. The Morgan fingerprint density at radius 1 is 0.870 bits per heavy atom. The maximum atomic E-state index is 8.71. The first-order valence-corrected chi connectivity index (χ1v) is 9.23. The molecule has 0 aromatic heterocycles. The summed E-state index contributed by atoms with van der Waals surface area (Å²) in [6.45, 7) is 3.83. The van der Waals surface area contributed by atoms with E-state index in [4.69, 9.17) is 14.6 Å². The molecule has 1 N–H and O–H groups in total. The van der Waals surface area contributed by atoms with E-state index in [1.807, 2.05) is 6.07 Å². The van der Waals surface area contributed by atoms with Gasteiger partial charge in [-0.2, -0.15) is 0 Å². The number of aliphatic hydroxyl groups excluding tert-OH is 1. The molecule has 0 heterocycles. The maximum Gasteiger partial charge on any atom is 0.0826 e. The van der Waals surface area contributed by atoms with E-state index in [0.29, 0.717) is 19.8 Å². The summed E-state index contributed by atoms with van der Waals surface area (Å²) in [6.07, 6.45) is 10.5. The van der Waals surface area contributed by atoms with Crippen LogP contribution in [0.1, 0.15) is 70.0 Å². The minimum absolute atomic E-state index is 0.0696. The molecule has 1 rings (SSSR count). The second-order valence-electron chi connectivity index (χ2n) is 6.02. The number of rotatable bonds is 15. The number of ether oxygens (including phenoxy) is 2. The molecule has 132 valence electrons. The largest absolute Gasteiger partial charge is 0.394 e. The van der Waals surface area contributed by atoms with Crippen molar-refractivity contribution in [3.63, 3.8) is 0 Å². The number of aliphatic hydroxyl groups is 1. The highest BCUT2D eigenvalue weighted by atomic mass is 16.5. The molecule has 23 heavy (non-hydrogen) atoms. The Balaban J connectivity index is 2.25. The van der Waals surface area contributed by atoms with Gasteiger partial charge in [-0.15, -0.1) is 0 Å². The zero-order valence-electron chi connectivity index (χ0n) is 14.7. The van der Waals surface area contributed by atoms with Crippen LogP contribution in [0.15, 0.2) is 30.3 Å². The van der Waals surface area contributed by atoms with Gasteiger partial charge in [-0.3, -0.25) is 0 Å². The van der Waals surface area contributed by atoms with Crippen LogP contribution in [0.3, 0.4) is 0 Å². The van der Waals surface area contributed by atoms with Gasteiger partial charge in [0.2, 0.25) is 0 Å². The van der Waals surface area contributed by atoms with E-state index in [-0.39, 0.29) is 12.7 Å². The van der Waals surface area contributed by atoms with Crippen LogP contribution < -0.4 is 0 Å². The second-order valence-corrected chi connectivity index (χ2v) is 6.02. The molecule has 1 unspecified atom stereocenters.